The highest BCUT2D eigenvalue weighted by Gasteiger charge is 2.08. The van der Waals surface area contributed by atoms with Crippen LogP contribution in [0.15, 0.2) is 0 Å². The third-order valence-electron chi connectivity index (χ3n) is 1.12. The van der Waals surface area contributed by atoms with Gasteiger partial charge in [-0.3, -0.25) is 0 Å². The lowest BCUT2D eigenvalue weighted by atomic mass is 10.4. The molecule has 0 heterocycles. The second kappa shape index (κ2) is 5.12. The molecule has 1 atom stereocenters. The van der Waals surface area contributed by atoms with Gasteiger partial charge in [0.05, 0.1) is 0 Å². The maximum absolute atomic E-state index is 11.0. The van der Waals surface area contributed by atoms with Gasteiger partial charge in [-0.15, -0.1) is 0 Å². The highest BCUT2D eigenvalue weighted by Crippen LogP contribution is 2.03. The minimum atomic E-state index is -0.612. The molecule has 0 aliphatic carbocycles. The Kier molecular flexibility index (Phi) is 5.30. The standard InChI is InChI=1S/C7H15OS/c1-4-5-6-9(8)7(2)3/h7H,1,4-6H2,2-3H3. The van der Waals surface area contributed by atoms with E-state index in [1.807, 2.05) is 13.8 Å². The summed E-state index contributed by atoms with van der Waals surface area (Å²) in [5, 5.41) is 0.316. The smallest absolute Gasteiger partial charge is 0.110 e. The fourth-order valence-electron chi connectivity index (χ4n) is 0.480. The van der Waals surface area contributed by atoms with E-state index in [2.05, 4.69) is 6.92 Å². The van der Waals surface area contributed by atoms with Crippen LogP contribution < -0.4 is 0 Å². The molecule has 0 aliphatic rings. The fourth-order valence-corrected chi connectivity index (χ4v) is 1.44. The Hall–Kier alpha value is 0.310. The van der Waals surface area contributed by atoms with E-state index < -0.39 is 11.2 Å². The van der Waals surface area contributed by atoms with E-state index in [9.17, 15) is 4.55 Å². The van der Waals surface area contributed by atoms with Crippen molar-refractivity contribution in [3.05, 3.63) is 6.92 Å². The van der Waals surface area contributed by atoms with Crippen molar-refractivity contribution in [1.82, 2.24) is 0 Å². The average Bonchev–Trinajstić information content (AvgIpc) is 1.82. The van der Waals surface area contributed by atoms with Gasteiger partial charge in [-0.05, 0) is 26.7 Å². The number of rotatable bonds is 4. The number of hydrogen-bond acceptors (Lipinski definition) is 1. The first-order valence-corrected chi connectivity index (χ1v) is 4.73. The van der Waals surface area contributed by atoms with Gasteiger partial charge in [0, 0.05) is 0 Å². The van der Waals surface area contributed by atoms with Crippen LogP contribution in [0.1, 0.15) is 26.7 Å². The Bertz CT molecular complexity index is 63.9. The van der Waals surface area contributed by atoms with E-state index in [0.717, 1.165) is 18.6 Å². The molecule has 0 amide bonds. The van der Waals surface area contributed by atoms with Crippen LogP contribution in [0.4, 0.5) is 0 Å². The Morgan fingerprint density at radius 1 is 1.56 bits per heavy atom. The zero-order valence-corrected chi connectivity index (χ0v) is 7.04. The molecule has 0 spiro atoms. The summed E-state index contributed by atoms with van der Waals surface area (Å²) in [4.78, 5) is 0. The molecule has 0 N–H and O–H groups in total. The average molecular weight is 147 g/mol. The molecule has 1 radical (unpaired) electrons. The predicted octanol–water partition coefficient (Wildman–Crippen LogP) is 1.76. The Morgan fingerprint density at radius 3 is 2.44 bits per heavy atom. The monoisotopic (exact) mass is 147 g/mol. The van der Waals surface area contributed by atoms with Gasteiger partial charge in [0.15, 0.2) is 0 Å². The van der Waals surface area contributed by atoms with Crippen molar-refractivity contribution < 1.29 is 4.55 Å². The molecular formula is C7H15OS. The van der Waals surface area contributed by atoms with E-state index in [1.165, 1.54) is 0 Å². The van der Waals surface area contributed by atoms with Gasteiger partial charge >= 0.3 is 0 Å². The molecule has 0 saturated heterocycles. The lowest BCUT2D eigenvalue weighted by Gasteiger charge is -2.13. The first-order valence-electron chi connectivity index (χ1n) is 3.35. The first-order chi connectivity index (χ1) is 4.18. The molecule has 0 aromatic rings. The first kappa shape index (κ1) is 9.31. The molecule has 55 valence electrons. The lowest BCUT2D eigenvalue weighted by Crippen LogP contribution is -2.17. The minimum Gasteiger partial charge on any atom is -0.616 e. The van der Waals surface area contributed by atoms with Gasteiger partial charge in [-0.2, -0.15) is 0 Å². The van der Waals surface area contributed by atoms with Crippen LogP contribution in [-0.4, -0.2) is 15.6 Å². The Morgan fingerprint density at radius 2 is 2.11 bits per heavy atom. The van der Waals surface area contributed by atoms with Crippen LogP contribution in [0.5, 0.6) is 0 Å². The summed E-state index contributed by atoms with van der Waals surface area (Å²) in [7, 11) is 0. The van der Waals surface area contributed by atoms with Crippen molar-refractivity contribution in [2.75, 3.05) is 5.75 Å². The van der Waals surface area contributed by atoms with Gasteiger partial charge in [-0.25, -0.2) is 0 Å². The van der Waals surface area contributed by atoms with Crippen LogP contribution in [0.25, 0.3) is 0 Å². The molecule has 0 saturated carbocycles. The van der Waals surface area contributed by atoms with Gasteiger partial charge in [0.2, 0.25) is 0 Å². The van der Waals surface area contributed by atoms with Gasteiger partial charge in [0.25, 0.3) is 0 Å². The van der Waals surface area contributed by atoms with E-state index in [-0.39, 0.29) is 0 Å². The number of hydrogen-bond donors (Lipinski definition) is 0. The van der Waals surface area contributed by atoms with Gasteiger partial charge in [-0.1, -0.05) is 18.1 Å². The Balaban J connectivity index is 3.16. The summed E-state index contributed by atoms with van der Waals surface area (Å²) in [5.74, 6) is 0.821. The fraction of sp³-hybridized carbons (Fsp3) is 0.857. The van der Waals surface area contributed by atoms with Crippen LogP contribution in [-0.2, 0) is 11.2 Å². The van der Waals surface area contributed by atoms with Crippen molar-refractivity contribution in [1.29, 1.82) is 0 Å². The second-order valence-corrected chi connectivity index (χ2v) is 4.45. The summed E-state index contributed by atoms with van der Waals surface area (Å²) in [5.41, 5.74) is 0. The van der Waals surface area contributed by atoms with Crippen LogP contribution in [0.2, 0.25) is 0 Å². The molecule has 2 heteroatoms. The molecule has 1 nitrogen and oxygen atoms in total. The van der Waals surface area contributed by atoms with Crippen LogP contribution in [0.3, 0.4) is 0 Å². The highest BCUT2D eigenvalue weighted by atomic mass is 32.2. The molecule has 0 aromatic heterocycles. The maximum atomic E-state index is 11.0. The van der Waals surface area contributed by atoms with Crippen LogP contribution >= 0.6 is 0 Å². The predicted molar refractivity (Wildman–Crippen MR) is 42.7 cm³/mol. The van der Waals surface area contributed by atoms with E-state index in [0.29, 0.717) is 5.25 Å². The van der Waals surface area contributed by atoms with E-state index >= 15 is 0 Å². The largest absolute Gasteiger partial charge is 0.616 e. The summed E-state index contributed by atoms with van der Waals surface area (Å²) in [6, 6.07) is 0. The van der Waals surface area contributed by atoms with Crippen molar-refractivity contribution in [2.45, 2.75) is 31.9 Å². The van der Waals surface area contributed by atoms with Gasteiger partial charge in [0.1, 0.15) is 11.0 Å². The molecule has 0 rings (SSSR count). The van der Waals surface area contributed by atoms with Crippen molar-refractivity contribution in [3.8, 4) is 0 Å². The summed E-state index contributed by atoms with van der Waals surface area (Å²) < 4.78 is 11.0. The molecule has 0 aromatic carbocycles. The summed E-state index contributed by atoms with van der Waals surface area (Å²) in [6.07, 6.45) is 1.89. The Labute approximate surface area is 61.0 Å². The molecule has 1 unspecified atom stereocenters. The second-order valence-electron chi connectivity index (χ2n) is 2.34. The lowest BCUT2D eigenvalue weighted by molar-refractivity contribution is 0.584. The molecular weight excluding hydrogens is 132 g/mol. The van der Waals surface area contributed by atoms with Gasteiger partial charge < -0.3 is 4.55 Å². The summed E-state index contributed by atoms with van der Waals surface area (Å²) in [6.45, 7) is 7.65. The van der Waals surface area contributed by atoms with Crippen molar-refractivity contribution in [2.24, 2.45) is 0 Å². The SMILES string of the molecule is [CH2]CCC[S+]([O-])C(C)C. The third-order valence-corrected chi connectivity index (χ3v) is 2.86. The molecule has 0 aliphatic heterocycles. The normalized spacial score (nSPS) is 14.3. The summed E-state index contributed by atoms with van der Waals surface area (Å²) >= 11 is -0.612. The zero-order valence-electron chi connectivity index (χ0n) is 6.22. The highest BCUT2D eigenvalue weighted by molar-refractivity contribution is 7.91. The van der Waals surface area contributed by atoms with Crippen molar-refractivity contribution >= 4 is 11.2 Å². The zero-order chi connectivity index (χ0) is 7.28. The topological polar surface area (TPSA) is 23.1 Å². The molecule has 0 fully saturated rings. The quantitative estimate of drug-likeness (QED) is 0.556. The number of unbranched alkanes of at least 4 members (excludes halogenated alkanes) is 1. The maximum Gasteiger partial charge on any atom is 0.110 e. The van der Waals surface area contributed by atoms with E-state index in [4.69, 9.17) is 0 Å². The minimum absolute atomic E-state index is 0.316. The molecule has 9 heavy (non-hydrogen) atoms. The van der Waals surface area contributed by atoms with Crippen molar-refractivity contribution in [3.63, 3.8) is 0 Å². The third kappa shape index (κ3) is 4.79. The van der Waals surface area contributed by atoms with Crippen LogP contribution in [0, 0.1) is 6.92 Å². The molecule has 0 bridgehead atoms. The van der Waals surface area contributed by atoms with E-state index in [1.54, 1.807) is 0 Å².